The number of likely N-dealkylation sites (tertiary alicyclic amines) is 2. The van der Waals surface area contributed by atoms with Gasteiger partial charge in [-0.25, -0.2) is 0 Å². The van der Waals surface area contributed by atoms with Crippen LogP contribution in [0, 0.1) is 17.8 Å². The Balaban J connectivity index is 0.00000288. The summed E-state index contributed by atoms with van der Waals surface area (Å²) in [5, 5.41) is 3.52. The molecule has 0 spiro atoms. The molecule has 5 heteroatoms. The van der Waals surface area contributed by atoms with Crippen LogP contribution in [-0.4, -0.2) is 61.6 Å². The number of hydrogen-bond donors (Lipinski definition) is 1. The van der Waals surface area contributed by atoms with Crippen molar-refractivity contribution < 1.29 is 0 Å². The summed E-state index contributed by atoms with van der Waals surface area (Å²) in [6, 6.07) is 0. The molecule has 2 aliphatic rings. The Hall–Kier alpha value is -0.0400. The number of rotatable bonds is 5. The molecule has 0 aromatic heterocycles. The van der Waals surface area contributed by atoms with Crippen LogP contribution in [0.15, 0.2) is 4.99 Å². The van der Waals surface area contributed by atoms with Crippen LogP contribution < -0.4 is 5.32 Å². The van der Waals surface area contributed by atoms with Gasteiger partial charge in [0, 0.05) is 39.3 Å². The van der Waals surface area contributed by atoms with Crippen LogP contribution in [0.3, 0.4) is 0 Å². The fourth-order valence-electron chi connectivity index (χ4n) is 4.01. The lowest BCUT2D eigenvalue weighted by Crippen LogP contribution is -2.46. The van der Waals surface area contributed by atoms with E-state index >= 15 is 0 Å². The maximum absolute atomic E-state index is 5.01. The Morgan fingerprint density at radius 1 is 1.17 bits per heavy atom. The summed E-state index contributed by atoms with van der Waals surface area (Å²) in [5.41, 5.74) is 0. The minimum Gasteiger partial charge on any atom is -0.357 e. The van der Waals surface area contributed by atoms with Crippen molar-refractivity contribution in [2.45, 2.75) is 53.4 Å². The topological polar surface area (TPSA) is 30.9 Å². The largest absolute Gasteiger partial charge is 0.357 e. The van der Waals surface area contributed by atoms with Crippen molar-refractivity contribution in [3.05, 3.63) is 0 Å². The molecule has 2 saturated heterocycles. The lowest BCUT2D eigenvalue weighted by Gasteiger charge is -2.35. The molecule has 1 N–H and O–H groups in total. The molecule has 2 fully saturated rings. The molecular weight excluding hydrogens is 411 g/mol. The minimum atomic E-state index is 0. The molecule has 0 bridgehead atoms. The Bertz CT molecular complexity index is 372. The fourth-order valence-corrected chi connectivity index (χ4v) is 4.01. The molecule has 2 atom stereocenters. The molecule has 24 heavy (non-hydrogen) atoms. The van der Waals surface area contributed by atoms with Gasteiger partial charge in [0.05, 0.1) is 0 Å². The van der Waals surface area contributed by atoms with E-state index in [1.54, 1.807) is 0 Å². The molecule has 0 saturated carbocycles. The molecule has 0 aromatic rings. The number of nitrogens with one attached hydrogen (secondary N) is 1. The van der Waals surface area contributed by atoms with Gasteiger partial charge in [0.1, 0.15) is 0 Å². The summed E-state index contributed by atoms with van der Waals surface area (Å²) in [7, 11) is 0. The number of piperidine rings is 2. The predicted octanol–water partition coefficient (Wildman–Crippen LogP) is 3.67. The van der Waals surface area contributed by atoms with Crippen molar-refractivity contribution in [2.24, 2.45) is 22.7 Å². The van der Waals surface area contributed by atoms with Gasteiger partial charge in [-0.2, -0.15) is 0 Å². The zero-order valence-corrected chi connectivity index (χ0v) is 18.6. The van der Waals surface area contributed by atoms with Crippen LogP contribution in [0.25, 0.3) is 0 Å². The normalized spacial score (nSPS) is 26.4. The first-order valence-corrected chi connectivity index (χ1v) is 9.84. The van der Waals surface area contributed by atoms with Gasteiger partial charge in [0.2, 0.25) is 0 Å². The molecule has 2 rings (SSSR count). The van der Waals surface area contributed by atoms with Gasteiger partial charge in [-0.05, 0) is 56.9 Å². The number of halogens is 1. The number of hydrogen-bond acceptors (Lipinski definition) is 2. The Morgan fingerprint density at radius 3 is 2.58 bits per heavy atom. The van der Waals surface area contributed by atoms with Gasteiger partial charge in [-0.1, -0.05) is 20.8 Å². The van der Waals surface area contributed by atoms with Crippen molar-refractivity contribution in [1.29, 1.82) is 0 Å². The van der Waals surface area contributed by atoms with E-state index in [2.05, 4.69) is 42.8 Å². The first kappa shape index (κ1) is 22.0. The Kier molecular flexibility index (Phi) is 10.6. The third kappa shape index (κ3) is 7.46. The van der Waals surface area contributed by atoms with Gasteiger partial charge in [0.25, 0.3) is 0 Å². The average Bonchev–Trinajstić information content (AvgIpc) is 2.51. The van der Waals surface area contributed by atoms with Crippen LogP contribution >= 0.6 is 24.0 Å². The van der Waals surface area contributed by atoms with Gasteiger partial charge >= 0.3 is 0 Å². The third-order valence-electron chi connectivity index (χ3n) is 5.02. The van der Waals surface area contributed by atoms with E-state index in [1.807, 2.05) is 0 Å². The van der Waals surface area contributed by atoms with Crippen LogP contribution in [0.2, 0.25) is 0 Å². The van der Waals surface area contributed by atoms with E-state index in [-0.39, 0.29) is 24.0 Å². The molecular formula is C19H39IN4. The van der Waals surface area contributed by atoms with Gasteiger partial charge < -0.3 is 15.1 Å². The number of guanidine groups is 1. The second-order valence-corrected chi connectivity index (χ2v) is 8.05. The van der Waals surface area contributed by atoms with Crippen LogP contribution in [0.1, 0.15) is 53.4 Å². The SMILES string of the molecule is CCNC(=NCC1CCCN(CC(C)C)C1)N1CCCC(C)C1.I. The monoisotopic (exact) mass is 450 g/mol. The highest BCUT2D eigenvalue weighted by atomic mass is 127. The zero-order chi connectivity index (χ0) is 16.7. The predicted molar refractivity (Wildman–Crippen MR) is 115 cm³/mol. The Morgan fingerprint density at radius 2 is 1.92 bits per heavy atom. The van der Waals surface area contributed by atoms with Gasteiger partial charge in [-0.3, -0.25) is 4.99 Å². The summed E-state index contributed by atoms with van der Waals surface area (Å²) < 4.78 is 0. The van der Waals surface area contributed by atoms with Gasteiger partial charge in [-0.15, -0.1) is 24.0 Å². The summed E-state index contributed by atoms with van der Waals surface area (Å²) in [4.78, 5) is 10.1. The quantitative estimate of drug-likeness (QED) is 0.394. The van der Waals surface area contributed by atoms with Crippen LogP contribution in [-0.2, 0) is 0 Å². The van der Waals surface area contributed by atoms with Crippen molar-refractivity contribution >= 4 is 29.9 Å². The lowest BCUT2D eigenvalue weighted by molar-refractivity contribution is 0.161. The highest BCUT2D eigenvalue weighted by Crippen LogP contribution is 2.19. The molecule has 4 nitrogen and oxygen atoms in total. The van der Waals surface area contributed by atoms with E-state index in [9.17, 15) is 0 Å². The van der Waals surface area contributed by atoms with Crippen molar-refractivity contribution in [3.8, 4) is 0 Å². The minimum absolute atomic E-state index is 0. The summed E-state index contributed by atoms with van der Waals surface area (Å²) >= 11 is 0. The summed E-state index contributed by atoms with van der Waals surface area (Å²) in [6.45, 7) is 17.2. The maximum atomic E-state index is 5.01. The van der Waals surface area contributed by atoms with E-state index < -0.39 is 0 Å². The highest BCUT2D eigenvalue weighted by Gasteiger charge is 2.22. The molecule has 0 aliphatic carbocycles. The van der Waals surface area contributed by atoms with Crippen molar-refractivity contribution in [1.82, 2.24) is 15.1 Å². The maximum Gasteiger partial charge on any atom is 0.193 e. The average molecular weight is 450 g/mol. The first-order chi connectivity index (χ1) is 11.1. The standard InChI is InChI=1S/C19H38N4.HI/c1-5-20-19(23-11-6-8-17(4)14-23)21-12-18-9-7-10-22(15-18)13-16(2)3;/h16-18H,5-15H2,1-4H3,(H,20,21);1H. The molecule has 142 valence electrons. The molecule has 2 unspecified atom stereocenters. The lowest BCUT2D eigenvalue weighted by atomic mass is 9.97. The second kappa shape index (κ2) is 11.6. The molecule has 0 radical (unpaired) electrons. The van der Waals surface area contributed by atoms with Crippen molar-refractivity contribution in [2.75, 3.05) is 45.8 Å². The highest BCUT2D eigenvalue weighted by molar-refractivity contribution is 14.0. The van der Waals surface area contributed by atoms with E-state index in [0.29, 0.717) is 0 Å². The number of nitrogens with zero attached hydrogens (tertiary/aromatic N) is 3. The molecule has 2 heterocycles. The third-order valence-corrected chi connectivity index (χ3v) is 5.02. The molecule has 0 aromatic carbocycles. The Labute approximate surface area is 166 Å². The summed E-state index contributed by atoms with van der Waals surface area (Å²) in [5.74, 6) is 3.45. The summed E-state index contributed by atoms with van der Waals surface area (Å²) in [6.07, 6.45) is 5.35. The fraction of sp³-hybridized carbons (Fsp3) is 0.947. The van der Waals surface area contributed by atoms with Crippen LogP contribution in [0.4, 0.5) is 0 Å². The van der Waals surface area contributed by atoms with Crippen molar-refractivity contribution in [3.63, 3.8) is 0 Å². The van der Waals surface area contributed by atoms with Crippen LogP contribution in [0.5, 0.6) is 0 Å². The van der Waals surface area contributed by atoms with E-state index in [0.717, 1.165) is 43.3 Å². The van der Waals surface area contributed by atoms with Gasteiger partial charge in [0.15, 0.2) is 5.96 Å². The second-order valence-electron chi connectivity index (χ2n) is 8.05. The molecule has 2 aliphatic heterocycles. The first-order valence-electron chi connectivity index (χ1n) is 9.84. The number of aliphatic imine (C=N–C) groups is 1. The van der Waals surface area contributed by atoms with E-state index in [1.165, 1.54) is 51.9 Å². The zero-order valence-electron chi connectivity index (χ0n) is 16.3. The molecule has 0 amide bonds. The van der Waals surface area contributed by atoms with E-state index in [4.69, 9.17) is 4.99 Å². The smallest absolute Gasteiger partial charge is 0.193 e.